The van der Waals surface area contributed by atoms with Gasteiger partial charge in [-0.15, -0.1) is 0 Å². The molecule has 1 aliphatic heterocycles. The van der Waals surface area contributed by atoms with Crippen LogP contribution in [-0.2, 0) is 4.74 Å². The smallest absolute Gasteiger partial charge is 0.269 e. The fraction of sp³-hybridized carbons (Fsp3) is 0.316. The van der Waals surface area contributed by atoms with Crippen molar-refractivity contribution in [1.29, 1.82) is 0 Å². The number of ether oxygens (including phenoxy) is 2. The van der Waals surface area contributed by atoms with Gasteiger partial charge in [0.15, 0.2) is 5.78 Å². The molecule has 1 saturated heterocycles. The summed E-state index contributed by atoms with van der Waals surface area (Å²) in [5, 5.41) is 49.4. The van der Waals surface area contributed by atoms with Gasteiger partial charge in [-0.2, -0.15) is 0 Å². The molecule has 29 heavy (non-hydrogen) atoms. The fourth-order valence-corrected chi connectivity index (χ4v) is 2.88. The van der Waals surface area contributed by atoms with Gasteiger partial charge in [-0.05, 0) is 36.4 Å². The number of nitro groups is 1. The molecule has 1 aliphatic rings. The van der Waals surface area contributed by atoms with E-state index in [1.807, 2.05) is 0 Å². The minimum atomic E-state index is -1.56. The Morgan fingerprint density at radius 1 is 0.966 bits per heavy atom. The third-order valence-electron chi connectivity index (χ3n) is 4.56. The molecular formula is C19H19NO9. The normalized spacial score (nSPS) is 26.7. The van der Waals surface area contributed by atoms with Crippen molar-refractivity contribution in [3.63, 3.8) is 0 Å². The van der Waals surface area contributed by atoms with Crippen molar-refractivity contribution in [3.8, 4) is 5.75 Å². The maximum atomic E-state index is 12.5. The summed E-state index contributed by atoms with van der Waals surface area (Å²) in [4.78, 5) is 22.6. The zero-order valence-electron chi connectivity index (χ0n) is 15.0. The summed E-state index contributed by atoms with van der Waals surface area (Å²) in [6, 6.07) is 11.0. The Labute approximate surface area is 164 Å². The van der Waals surface area contributed by atoms with Gasteiger partial charge in [0.25, 0.3) is 5.69 Å². The lowest BCUT2D eigenvalue weighted by Crippen LogP contribution is -2.60. The van der Waals surface area contributed by atoms with E-state index in [4.69, 9.17) is 9.47 Å². The number of carbonyl (C=O) groups excluding carboxylic acids is 1. The van der Waals surface area contributed by atoms with E-state index in [0.717, 1.165) is 0 Å². The third kappa shape index (κ3) is 4.42. The highest BCUT2D eigenvalue weighted by molar-refractivity contribution is 6.09. The Hall–Kier alpha value is -2.89. The molecule has 0 spiro atoms. The van der Waals surface area contributed by atoms with Gasteiger partial charge < -0.3 is 29.9 Å². The molecule has 154 valence electrons. The zero-order chi connectivity index (χ0) is 21.1. The highest BCUT2D eigenvalue weighted by Gasteiger charge is 2.44. The second-order valence-corrected chi connectivity index (χ2v) is 6.47. The Balaban J connectivity index is 1.69. The molecule has 2 aromatic carbocycles. The Morgan fingerprint density at radius 2 is 1.52 bits per heavy atom. The number of aliphatic hydroxyl groups is 4. The molecule has 0 unspecified atom stereocenters. The highest BCUT2D eigenvalue weighted by Crippen LogP contribution is 2.25. The number of carbonyl (C=O) groups is 1. The first-order valence-corrected chi connectivity index (χ1v) is 8.68. The maximum absolute atomic E-state index is 12.5. The van der Waals surface area contributed by atoms with Crippen molar-refractivity contribution in [2.45, 2.75) is 30.7 Å². The number of benzene rings is 2. The number of non-ortho nitro benzene ring substituents is 1. The molecule has 1 heterocycles. The lowest BCUT2D eigenvalue weighted by atomic mass is 9.99. The topological polar surface area (TPSA) is 160 Å². The van der Waals surface area contributed by atoms with E-state index in [-0.39, 0.29) is 22.8 Å². The van der Waals surface area contributed by atoms with Crippen LogP contribution in [0, 0.1) is 10.1 Å². The molecule has 0 amide bonds. The molecule has 2 aromatic rings. The van der Waals surface area contributed by atoms with Crippen molar-refractivity contribution >= 4 is 11.5 Å². The number of hydrogen-bond donors (Lipinski definition) is 4. The molecule has 1 fully saturated rings. The predicted octanol–water partition coefficient (Wildman–Crippen LogP) is 0.00450. The first kappa shape index (κ1) is 20.8. The van der Waals surface area contributed by atoms with Crippen LogP contribution in [0.15, 0.2) is 48.5 Å². The van der Waals surface area contributed by atoms with Crippen molar-refractivity contribution in [3.05, 3.63) is 69.8 Å². The fourth-order valence-electron chi connectivity index (χ4n) is 2.88. The second-order valence-electron chi connectivity index (χ2n) is 6.47. The summed E-state index contributed by atoms with van der Waals surface area (Å²) in [6.07, 6.45) is -7.03. The molecule has 3 rings (SSSR count). The molecule has 10 heteroatoms. The number of ketones is 1. The summed E-state index contributed by atoms with van der Waals surface area (Å²) >= 11 is 0. The van der Waals surface area contributed by atoms with Gasteiger partial charge in [-0.3, -0.25) is 14.9 Å². The first-order chi connectivity index (χ1) is 13.8. The number of rotatable bonds is 6. The average molecular weight is 405 g/mol. The van der Waals surface area contributed by atoms with Gasteiger partial charge in [0.1, 0.15) is 30.2 Å². The second kappa shape index (κ2) is 8.64. The van der Waals surface area contributed by atoms with Crippen LogP contribution in [0.4, 0.5) is 5.69 Å². The largest absolute Gasteiger partial charge is 0.462 e. The summed E-state index contributed by atoms with van der Waals surface area (Å²) in [7, 11) is 0. The number of hydrogen-bond acceptors (Lipinski definition) is 9. The van der Waals surface area contributed by atoms with Crippen molar-refractivity contribution in [2.24, 2.45) is 0 Å². The lowest BCUT2D eigenvalue weighted by Gasteiger charge is -2.39. The van der Waals surface area contributed by atoms with E-state index in [1.54, 1.807) is 0 Å². The van der Waals surface area contributed by atoms with E-state index in [2.05, 4.69) is 0 Å². The Morgan fingerprint density at radius 3 is 2.03 bits per heavy atom. The number of aliphatic hydroxyl groups excluding tert-OH is 4. The minimum absolute atomic E-state index is 0.121. The van der Waals surface area contributed by atoms with E-state index in [9.17, 15) is 35.3 Å². The zero-order valence-corrected chi connectivity index (χ0v) is 15.0. The van der Waals surface area contributed by atoms with Gasteiger partial charge in [0.2, 0.25) is 6.29 Å². The van der Waals surface area contributed by atoms with Crippen LogP contribution >= 0.6 is 0 Å². The summed E-state index contributed by atoms with van der Waals surface area (Å²) < 4.78 is 10.7. The third-order valence-corrected chi connectivity index (χ3v) is 4.56. The van der Waals surface area contributed by atoms with Crippen molar-refractivity contribution < 1.29 is 39.6 Å². The molecule has 5 atom stereocenters. The molecular weight excluding hydrogens is 386 g/mol. The average Bonchev–Trinajstić information content (AvgIpc) is 2.74. The molecule has 0 bridgehead atoms. The molecule has 0 radical (unpaired) electrons. The van der Waals surface area contributed by atoms with Gasteiger partial charge in [-0.25, -0.2) is 0 Å². The van der Waals surface area contributed by atoms with Crippen LogP contribution in [0.3, 0.4) is 0 Å². The summed E-state index contributed by atoms with van der Waals surface area (Å²) in [6.45, 7) is -0.576. The van der Waals surface area contributed by atoms with Crippen LogP contribution in [0.5, 0.6) is 5.75 Å². The summed E-state index contributed by atoms with van der Waals surface area (Å²) in [5.74, 6) is -0.131. The van der Waals surface area contributed by atoms with E-state index >= 15 is 0 Å². The Bertz CT molecular complexity index is 866. The van der Waals surface area contributed by atoms with Gasteiger partial charge in [0.05, 0.1) is 11.5 Å². The van der Waals surface area contributed by atoms with Crippen LogP contribution in [0.2, 0.25) is 0 Å². The Kier molecular flexibility index (Phi) is 6.20. The molecule has 0 saturated carbocycles. The van der Waals surface area contributed by atoms with Crippen LogP contribution in [-0.4, -0.2) is 68.4 Å². The quantitative estimate of drug-likeness (QED) is 0.295. The van der Waals surface area contributed by atoms with E-state index < -0.39 is 42.2 Å². The van der Waals surface area contributed by atoms with E-state index in [0.29, 0.717) is 5.56 Å². The first-order valence-electron chi connectivity index (χ1n) is 8.68. The number of nitrogens with zero attached hydrogens (tertiary/aromatic N) is 1. The predicted molar refractivity (Wildman–Crippen MR) is 97.4 cm³/mol. The van der Waals surface area contributed by atoms with Gasteiger partial charge >= 0.3 is 0 Å². The maximum Gasteiger partial charge on any atom is 0.269 e. The lowest BCUT2D eigenvalue weighted by molar-refractivity contribution is -0.384. The highest BCUT2D eigenvalue weighted by atomic mass is 16.7. The van der Waals surface area contributed by atoms with Gasteiger partial charge in [-0.1, -0.05) is 0 Å². The van der Waals surface area contributed by atoms with Crippen LogP contribution in [0.1, 0.15) is 15.9 Å². The van der Waals surface area contributed by atoms with Crippen molar-refractivity contribution in [2.75, 3.05) is 6.61 Å². The van der Waals surface area contributed by atoms with Crippen molar-refractivity contribution in [1.82, 2.24) is 0 Å². The van der Waals surface area contributed by atoms with Gasteiger partial charge in [0, 0.05) is 23.3 Å². The van der Waals surface area contributed by atoms with E-state index in [1.165, 1.54) is 48.5 Å². The number of nitro benzene ring substituents is 1. The monoisotopic (exact) mass is 405 g/mol. The van der Waals surface area contributed by atoms with Crippen LogP contribution in [0.25, 0.3) is 0 Å². The SMILES string of the molecule is O=C(c1ccc(O[C@@H]2O[C@H](CO)[C@@H](O)[C@H](O)[C@H]2O)cc1)c1ccc([N+](=O)[O-])cc1. The molecule has 0 aromatic heterocycles. The summed E-state index contributed by atoms with van der Waals surface area (Å²) in [5.41, 5.74) is 0.461. The minimum Gasteiger partial charge on any atom is -0.462 e. The molecule has 10 nitrogen and oxygen atoms in total. The van der Waals surface area contributed by atoms with Crippen LogP contribution < -0.4 is 4.74 Å². The molecule has 4 N–H and O–H groups in total. The standard InChI is InChI=1S/C19H19NO9/c21-9-14-16(23)17(24)18(25)19(29-14)28-13-7-3-11(4-8-13)15(22)10-1-5-12(6-2-10)20(26)27/h1-8,14,16-19,21,23-25H,9H2/t14-,16-,17+,18-,19-/m1/s1. The molecule has 0 aliphatic carbocycles.